The van der Waals surface area contributed by atoms with Crippen molar-refractivity contribution in [1.29, 1.82) is 0 Å². The maximum Gasteiger partial charge on any atom is 0.252 e. The molecule has 25 heavy (non-hydrogen) atoms. The summed E-state index contributed by atoms with van der Waals surface area (Å²) >= 11 is 0. The van der Waals surface area contributed by atoms with Crippen molar-refractivity contribution < 1.29 is 4.79 Å². The molecular formula is C20H30N4O. The Morgan fingerprint density at radius 3 is 2.44 bits per heavy atom. The number of aromatic nitrogens is 1. The number of fused-ring (bicyclic) bond motifs is 1. The van der Waals surface area contributed by atoms with Gasteiger partial charge in [-0.2, -0.15) is 0 Å². The van der Waals surface area contributed by atoms with E-state index in [0.29, 0.717) is 23.5 Å². The van der Waals surface area contributed by atoms with Crippen LogP contribution in [0.3, 0.4) is 0 Å². The Balaban J connectivity index is 2.06. The van der Waals surface area contributed by atoms with E-state index in [0.717, 1.165) is 43.1 Å². The second-order valence-electron chi connectivity index (χ2n) is 6.44. The summed E-state index contributed by atoms with van der Waals surface area (Å²) in [5, 5.41) is 7.93. The van der Waals surface area contributed by atoms with E-state index in [4.69, 9.17) is 5.73 Å². The summed E-state index contributed by atoms with van der Waals surface area (Å²) in [6.45, 7) is 7.37. The summed E-state index contributed by atoms with van der Waals surface area (Å²) in [5.74, 6) is 0.117. The van der Waals surface area contributed by atoms with E-state index >= 15 is 0 Å². The van der Waals surface area contributed by atoms with Crippen LogP contribution in [0.1, 0.15) is 56.8 Å². The first kappa shape index (κ1) is 19.2. The van der Waals surface area contributed by atoms with Gasteiger partial charge < -0.3 is 16.4 Å². The summed E-state index contributed by atoms with van der Waals surface area (Å²) < 4.78 is 0. The Bertz CT molecular complexity index is 697. The molecular weight excluding hydrogens is 312 g/mol. The van der Waals surface area contributed by atoms with Crippen LogP contribution in [0.25, 0.3) is 10.9 Å². The van der Waals surface area contributed by atoms with Crippen LogP contribution in [0, 0.1) is 0 Å². The number of rotatable bonds is 10. The molecule has 5 heteroatoms. The highest BCUT2D eigenvalue weighted by Crippen LogP contribution is 2.20. The number of primary amides is 1. The molecule has 1 aromatic heterocycles. The van der Waals surface area contributed by atoms with Crippen molar-refractivity contribution in [1.82, 2.24) is 10.3 Å². The Labute approximate surface area is 150 Å². The Hall–Kier alpha value is -2.14. The fraction of sp³-hybridized carbons (Fsp3) is 0.500. The molecule has 0 saturated heterocycles. The number of pyridine rings is 1. The Morgan fingerprint density at radius 1 is 1.12 bits per heavy atom. The van der Waals surface area contributed by atoms with Crippen LogP contribution < -0.4 is 16.4 Å². The molecule has 0 spiro atoms. The average molecular weight is 342 g/mol. The van der Waals surface area contributed by atoms with Crippen LogP contribution in [0.15, 0.2) is 30.3 Å². The van der Waals surface area contributed by atoms with Gasteiger partial charge in [0, 0.05) is 24.0 Å². The SMILES string of the molecule is CCC(CC)NC(CC)CCNc1nc2ccccc2cc1C(N)=O. The van der Waals surface area contributed by atoms with Gasteiger partial charge in [0.05, 0.1) is 11.1 Å². The van der Waals surface area contributed by atoms with Gasteiger partial charge in [-0.3, -0.25) is 4.79 Å². The van der Waals surface area contributed by atoms with Crippen molar-refractivity contribution in [2.75, 3.05) is 11.9 Å². The highest BCUT2D eigenvalue weighted by molar-refractivity contribution is 6.01. The van der Waals surface area contributed by atoms with Crippen LogP contribution in [0.2, 0.25) is 0 Å². The molecule has 136 valence electrons. The number of para-hydroxylation sites is 1. The van der Waals surface area contributed by atoms with Crippen LogP contribution in [-0.2, 0) is 0 Å². The van der Waals surface area contributed by atoms with Gasteiger partial charge in [0.2, 0.25) is 0 Å². The Morgan fingerprint density at radius 2 is 1.80 bits per heavy atom. The topological polar surface area (TPSA) is 80.0 Å². The van der Waals surface area contributed by atoms with E-state index < -0.39 is 5.91 Å². The highest BCUT2D eigenvalue weighted by atomic mass is 16.1. The smallest absolute Gasteiger partial charge is 0.252 e. The standard InChI is InChI=1S/C20H30N4O/c1-4-15(5-2)23-16(6-3)11-12-22-20-17(19(21)25)13-14-9-7-8-10-18(14)24-20/h7-10,13,15-16,23H,4-6,11-12H2,1-3H3,(H2,21,25)(H,22,24). The van der Waals surface area contributed by atoms with Crippen molar-refractivity contribution in [2.24, 2.45) is 5.73 Å². The molecule has 0 aliphatic heterocycles. The molecule has 0 aliphatic rings. The molecule has 0 saturated carbocycles. The molecule has 0 radical (unpaired) electrons. The van der Waals surface area contributed by atoms with E-state index in [9.17, 15) is 4.79 Å². The number of nitrogens with two attached hydrogens (primary N) is 1. The lowest BCUT2D eigenvalue weighted by molar-refractivity contribution is 0.100. The van der Waals surface area contributed by atoms with Crippen LogP contribution >= 0.6 is 0 Å². The van der Waals surface area contributed by atoms with E-state index in [-0.39, 0.29) is 0 Å². The number of hydrogen-bond donors (Lipinski definition) is 3. The van der Waals surface area contributed by atoms with Crippen LogP contribution in [-0.4, -0.2) is 29.5 Å². The maximum absolute atomic E-state index is 11.8. The van der Waals surface area contributed by atoms with Crippen molar-refractivity contribution in [3.8, 4) is 0 Å². The lowest BCUT2D eigenvalue weighted by Crippen LogP contribution is -2.38. The monoisotopic (exact) mass is 342 g/mol. The van der Waals surface area contributed by atoms with Gasteiger partial charge in [0.15, 0.2) is 0 Å². The number of carbonyl (C=O) groups is 1. The van der Waals surface area contributed by atoms with E-state index in [1.165, 1.54) is 0 Å². The van der Waals surface area contributed by atoms with E-state index in [1.54, 1.807) is 0 Å². The van der Waals surface area contributed by atoms with Gasteiger partial charge in [0.25, 0.3) is 5.91 Å². The lowest BCUT2D eigenvalue weighted by atomic mass is 10.1. The second-order valence-corrected chi connectivity index (χ2v) is 6.44. The summed E-state index contributed by atoms with van der Waals surface area (Å²) in [4.78, 5) is 16.4. The maximum atomic E-state index is 11.8. The minimum Gasteiger partial charge on any atom is -0.369 e. The van der Waals surface area contributed by atoms with Gasteiger partial charge >= 0.3 is 0 Å². The third-order valence-corrected chi connectivity index (χ3v) is 4.72. The first-order valence-corrected chi connectivity index (χ1v) is 9.28. The molecule has 0 aliphatic carbocycles. The molecule has 4 N–H and O–H groups in total. The predicted molar refractivity (Wildman–Crippen MR) is 105 cm³/mol. The number of carbonyl (C=O) groups excluding carboxylic acids is 1. The molecule has 1 heterocycles. The zero-order chi connectivity index (χ0) is 18.2. The van der Waals surface area contributed by atoms with Gasteiger partial charge in [-0.25, -0.2) is 4.98 Å². The fourth-order valence-corrected chi connectivity index (χ4v) is 3.07. The second kappa shape index (κ2) is 9.37. The zero-order valence-electron chi connectivity index (χ0n) is 15.5. The molecule has 0 bridgehead atoms. The highest BCUT2D eigenvalue weighted by Gasteiger charge is 2.14. The van der Waals surface area contributed by atoms with Crippen LogP contribution in [0.4, 0.5) is 5.82 Å². The minimum absolute atomic E-state index is 0.444. The van der Waals surface area contributed by atoms with Crippen molar-refractivity contribution in [3.05, 3.63) is 35.9 Å². The van der Waals surface area contributed by atoms with Gasteiger partial charge in [-0.05, 0) is 37.8 Å². The molecule has 2 aromatic rings. The molecule has 5 nitrogen and oxygen atoms in total. The normalized spacial score (nSPS) is 12.5. The molecule has 0 fully saturated rings. The number of hydrogen-bond acceptors (Lipinski definition) is 4. The van der Waals surface area contributed by atoms with E-state index in [2.05, 4.69) is 36.4 Å². The van der Waals surface area contributed by atoms with Gasteiger partial charge in [-0.1, -0.05) is 39.0 Å². The quantitative estimate of drug-likeness (QED) is 0.615. The summed E-state index contributed by atoms with van der Waals surface area (Å²) in [6, 6.07) is 10.6. The summed E-state index contributed by atoms with van der Waals surface area (Å²) in [6.07, 6.45) is 4.32. The van der Waals surface area contributed by atoms with Crippen molar-refractivity contribution >= 4 is 22.6 Å². The van der Waals surface area contributed by atoms with Crippen molar-refractivity contribution in [2.45, 2.75) is 58.5 Å². The lowest BCUT2D eigenvalue weighted by Gasteiger charge is -2.23. The predicted octanol–water partition coefficient (Wildman–Crippen LogP) is 3.69. The molecule has 1 amide bonds. The largest absolute Gasteiger partial charge is 0.369 e. The summed E-state index contributed by atoms with van der Waals surface area (Å²) in [5.41, 5.74) is 6.84. The molecule has 1 aromatic carbocycles. The minimum atomic E-state index is -0.456. The third-order valence-electron chi connectivity index (χ3n) is 4.72. The van der Waals surface area contributed by atoms with Gasteiger partial charge in [-0.15, -0.1) is 0 Å². The number of nitrogens with one attached hydrogen (secondary N) is 2. The van der Waals surface area contributed by atoms with Gasteiger partial charge in [0.1, 0.15) is 5.82 Å². The Kier molecular flexibility index (Phi) is 7.19. The summed E-state index contributed by atoms with van der Waals surface area (Å²) in [7, 11) is 0. The first-order valence-electron chi connectivity index (χ1n) is 9.28. The van der Waals surface area contributed by atoms with E-state index in [1.807, 2.05) is 30.3 Å². The number of benzene rings is 1. The zero-order valence-corrected chi connectivity index (χ0v) is 15.5. The average Bonchev–Trinajstić information content (AvgIpc) is 2.63. The van der Waals surface area contributed by atoms with Crippen molar-refractivity contribution in [3.63, 3.8) is 0 Å². The fourth-order valence-electron chi connectivity index (χ4n) is 3.07. The molecule has 2 rings (SSSR count). The first-order chi connectivity index (χ1) is 12.1. The molecule has 1 unspecified atom stereocenters. The third kappa shape index (κ3) is 5.16. The number of amides is 1. The molecule has 1 atom stereocenters. The van der Waals surface area contributed by atoms with Crippen LogP contribution in [0.5, 0.6) is 0 Å². The number of nitrogens with zero attached hydrogens (tertiary/aromatic N) is 1. The number of anilines is 1.